The molecule has 19 heavy (non-hydrogen) atoms. The second-order valence-corrected chi connectivity index (χ2v) is 6.79. The van der Waals surface area contributed by atoms with Crippen molar-refractivity contribution in [3.05, 3.63) is 0 Å². The van der Waals surface area contributed by atoms with Gasteiger partial charge in [0, 0.05) is 12.6 Å². The van der Waals surface area contributed by atoms with Gasteiger partial charge in [-0.15, -0.1) is 0 Å². The van der Waals surface area contributed by atoms with Crippen LogP contribution in [0.25, 0.3) is 0 Å². The summed E-state index contributed by atoms with van der Waals surface area (Å²) in [6, 6.07) is 0.266. The molecule has 2 saturated carbocycles. The maximum atomic E-state index is 6.74. The Bertz CT molecular complexity index is 254. The maximum Gasteiger partial charge on any atom is 0.0835 e. The highest BCUT2D eigenvalue weighted by molar-refractivity contribution is 4.98. The van der Waals surface area contributed by atoms with Gasteiger partial charge in [0.2, 0.25) is 0 Å². The van der Waals surface area contributed by atoms with Crippen molar-refractivity contribution in [2.24, 2.45) is 17.6 Å². The Balaban J connectivity index is 2.03. The van der Waals surface area contributed by atoms with Crippen molar-refractivity contribution >= 4 is 0 Å². The van der Waals surface area contributed by atoms with Crippen LogP contribution in [0.5, 0.6) is 0 Å². The highest BCUT2D eigenvalue weighted by atomic mass is 16.5. The molecule has 0 saturated heterocycles. The first kappa shape index (κ1) is 15.3. The van der Waals surface area contributed by atoms with Crippen molar-refractivity contribution in [2.75, 3.05) is 6.61 Å². The van der Waals surface area contributed by atoms with Gasteiger partial charge in [-0.05, 0) is 44.4 Å². The van der Waals surface area contributed by atoms with E-state index in [1.807, 2.05) is 0 Å². The van der Waals surface area contributed by atoms with Crippen molar-refractivity contribution in [1.29, 1.82) is 0 Å². The van der Waals surface area contributed by atoms with Crippen molar-refractivity contribution in [1.82, 2.24) is 0 Å². The molecule has 0 spiro atoms. The highest BCUT2D eigenvalue weighted by Crippen LogP contribution is 2.41. The Hall–Kier alpha value is -0.0800. The molecule has 2 nitrogen and oxygen atoms in total. The molecule has 112 valence electrons. The van der Waals surface area contributed by atoms with Crippen LogP contribution in [0.4, 0.5) is 0 Å². The zero-order chi connectivity index (χ0) is 13.7. The molecule has 3 atom stereocenters. The van der Waals surface area contributed by atoms with E-state index < -0.39 is 0 Å². The third-order valence-corrected chi connectivity index (χ3v) is 5.65. The summed E-state index contributed by atoms with van der Waals surface area (Å²) in [6.45, 7) is 5.27. The van der Waals surface area contributed by atoms with Gasteiger partial charge in [-0.1, -0.05) is 45.4 Å². The van der Waals surface area contributed by atoms with E-state index >= 15 is 0 Å². The van der Waals surface area contributed by atoms with Gasteiger partial charge >= 0.3 is 0 Å². The maximum absolute atomic E-state index is 6.74. The van der Waals surface area contributed by atoms with Crippen LogP contribution in [0.1, 0.15) is 78.1 Å². The Labute approximate surface area is 119 Å². The topological polar surface area (TPSA) is 35.2 Å². The lowest BCUT2D eigenvalue weighted by atomic mass is 9.68. The first-order valence-electron chi connectivity index (χ1n) is 8.61. The summed E-state index contributed by atoms with van der Waals surface area (Å²) in [4.78, 5) is 0. The summed E-state index contributed by atoms with van der Waals surface area (Å²) in [5.41, 5.74) is 6.74. The predicted octanol–water partition coefficient (Wildman–Crippen LogP) is 4.27. The van der Waals surface area contributed by atoms with Crippen LogP contribution in [0, 0.1) is 11.8 Å². The number of ether oxygens (including phenoxy) is 1. The fourth-order valence-corrected chi connectivity index (χ4v) is 4.47. The van der Waals surface area contributed by atoms with E-state index in [1.54, 1.807) is 0 Å². The van der Waals surface area contributed by atoms with Gasteiger partial charge in [-0.3, -0.25) is 0 Å². The minimum Gasteiger partial charge on any atom is -0.374 e. The van der Waals surface area contributed by atoms with Gasteiger partial charge in [0.15, 0.2) is 0 Å². The molecule has 0 bridgehead atoms. The Morgan fingerprint density at radius 2 is 1.84 bits per heavy atom. The van der Waals surface area contributed by atoms with E-state index in [9.17, 15) is 0 Å². The summed E-state index contributed by atoms with van der Waals surface area (Å²) in [6.07, 6.45) is 13.1. The normalized spacial score (nSPS) is 33.0. The fraction of sp³-hybridized carbons (Fsp3) is 1.00. The van der Waals surface area contributed by atoms with Crippen molar-refractivity contribution in [3.8, 4) is 0 Å². The molecule has 0 aliphatic heterocycles. The molecule has 0 aromatic heterocycles. The number of nitrogens with two attached hydrogens (primary N) is 1. The summed E-state index contributed by atoms with van der Waals surface area (Å²) >= 11 is 0. The number of rotatable bonds is 5. The van der Waals surface area contributed by atoms with Crippen LogP contribution in [-0.2, 0) is 4.74 Å². The largest absolute Gasteiger partial charge is 0.374 e. The molecule has 3 unspecified atom stereocenters. The van der Waals surface area contributed by atoms with E-state index in [-0.39, 0.29) is 11.6 Å². The molecule has 2 heteroatoms. The minimum atomic E-state index is 0.00724. The summed E-state index contributed by atoms with van der Waals surface area (Å²) in [5.74, 6) is 1.61. The SMILES string of the molecule is CCOC1(C(N)C2CCCC(CC)C2)CCCCC1. The van der Waals surface area contributed by atoms with Crippen LogP contribution < -0.4 is 5.73 Å². The van der Waals surface area contributed by atoms with Crippen LogP contribution in [-0.4, -0.2) is 18.2 Å². The van der Waals surface area contributed by atoms with Gasteiger partial charge in [-0.25, -0.2) is 0 Å². The molecule has 0 aromatic carbocycles. The molecule has 2 fully saturated rings. The molecular formula is C17H33NO. The van der Waals surface area contributed by atoms with Crippen molar-refractivity contribution < 1.29 is 4.74 Å². The Kier molecular flexibility index (Phi) is 5.70. The zero-order valence-electron chi connectivity index (χ0n) is 13.0. The fourth-order valence-electron chi connectivity index (χ4n) is 4.47. The third kappa shape index (κ3) is 3.52. The number of hydrogen-bond donors (Lipinski definition) is 1. The van der Waals surface area contributed by atoms with E-state index in [4.69, 9.17) is 10.5 Å². The van der Waals surface area contributed by atoms with E-state index in [0.717, 1.165) is 12.5 Å². The average molecular weight is 267 g/mol. The molecule has 2 aliphatic carbocycles. The molecule has 2 aliphatic rings. The Morgan fingerprint density at radius 3 is 2.47 bits per heavy atom. The van der Waals surface area contributed by atoms with Gasteiger partial charge in [0.1, 0.15) is 0 Å². The Morgan fingerprint density at radius 1 is 1.11 bits per heavy atom. The van der Waals surface area contributed by atoms with Gasteiger partial charge in [0.05, 0.1) is 5.60 Å². The van der Waals surface area contributed by atoms with E-state index in [2.05, 4.69) is 13.8 Å². The molecular weight excluding hydrogens is 234 g/mol. The zero-order valence-corrected chi connectivity index (χ0v) is 13.0. The highest BCUT2D eigenvalue weighted by Gasteiger charge is 2.43. The molecule has 0 amide bonds. The average Bonchev–Trinajstić information content (AvgIpc) is 2.48. The minimum absolute atomic E-state index is 0.00724. The van der Waals surface area contributed by atoms with E-state index in [1.165, 1.54) is 64.2 Å². The van der Waals surface area contributed by atoms with Crippen LogP contribution in [0.15, 0.2) is 0 Å². The van der Waals surface area contributed by atoms with Crippen molar-refractivity contribution in [3.63, 3.8) is 0 Å². The molecule has 0 radical (unpaired) electrons. The molecule has 0 heterocycles. The molecule has 2 N–H and O–H groups in total. The molecule has 0 aromatic rings. The van der Waals surface area contributed by atoms with Crippen LogP contribution >= 0.6 is 0 Å². The van der Waals surface area contributed by atoms with E-state index in [0.29, 0.717) is 5.92 Å². The molecule has 2 rings (SSSR count). The lowest BCUT2D eigenvalue weighted by molar-refractivity contribution is -0.0978. The second-order valence-electron chi connectivity index (χ2n) is 6.79. The second kappa shape index (κ2) is 7.08. The smallest absolute Gasteiger partial charge is 0.0835 e. The van der Waals surface area contributed by atoms with Crippen LogP contribution in [0.2, 0.25) is 0 Å². The van der Waals surface area contributed by atoms with Crippen molar-refractivity contribution in [2.45, 2.75) is 89.7 Å². The van der Waals surface area contributed by atoms with Gasteiger partial charge in [0.25, 0.3) is 0 Å². The first-order valence-corrected chi connectivity index (χ1v) is 8.61. The van der Waals surface area contributed by atoms with Crippen LogP contribution in [0.3, 0.4) is 0 Å². The summed E-state index contributed by atoms with van der Waals surface area (Å²) in [5, 5.41) is 0. The lowest BCUT2D eigenvalue weighted by Gasteiger charge is -2.46. The summed E-state index contributed by atoms with van der Waals surface area (Å²) in [7, 11) is 0. The standard InChI is InChI=1S/C17H33NO/c1-3-14-9-8-10-15(13-14)16(18)17(19-4-2)11-6-5-7-12-17/h14-16H,3-13,18H2,1-2H3. The predicted molar refractivity (Wildman–Crippen MR) is 81.2 cm³/mol. The summed E-state index contributed by atoms with van der Waals surface area (Å²) < 4.78 is 6.23. The quantitative estimate of drug-likeness (QED) is 0.807. The van der Waals surface area contributed by atoms with Gasteiger partial charge in [-0.2, -0.15) is 0 Å². The number of hydrogen-bond acceptors (Lipinski definition) is 2. The van der Waals surface area contributed by atoms with Gasteiger partial charge < -0.3 is 10.5 Å². The lowest BCUT2D eigenvalue weighted by Crippen LogP contribution is -2.55. The monoisotopic (exact) mass is 267 g/mol. The third-order valence-electron chi connectivity index (χ3n) is 5.65. The first-order chi connectivity index (χ1) is 9.22.